The molecule has 1 aliphatic heterocycles. The number of aldehydes is 1. The van der Waals surface area contributed by atoms with E-state index in [2.05, 4.69) is 0 Å². The number of nitrogens with zero attached hydrogens (tertiary/aromatic N) is 1. The van der Waals surface area contributed by atoms with Crippen molar-refractivity contribution in [2.75, 3.05) is 6.61 Å². The molecule has 1 fully saturated rings. The molecule has 0 N–H and O–H groups in total. The molecule has 30 heavy (non-hydrogen) atoms. The van der Waals surface area contributed by atoms with Gasteiger partial charge in [-0.2, -0.15) is 0 Å². The van der Waals surface area contributed by atoms with Gasteiger partial charge in [-0.05, 0) is 18.2 Å². The first kappa shape index (κ1) is 21.4. The summed E-state index contributed by atoms with van der Waals surface area (Å²) in [5.74, 6) is -2.53. The molecule has 1 aliphatic rings. The molecule has 160 valence electrons. The van der Waals surface area contributed by atoms with Gasteiger partial charge in [0, 0.05) is 37.9 Å². The monoisotopic (exact) mass is 421 g/mol. The highest BCUT2D eigenvalue weighted by Crippen LogP contribution is 2.34. The van der Waals surface area contributed by atoms with Crippen LogP contribution in [0.5, 0.6) is 0 Å². The van der Waals surface area contributed by atoms with E-state index in [4.69, 9.17) is 18.9 Å². The van der Waals surface area contributed by atoms with Crippen LogP contribution in [0.1, 0.15) is 37.4 Å². The molecular formula is C20H20FNO8. The second-order valence-corrected chi connectivity index (χ2v) is 6.79. The first-order chi connectivity index (χ1) is 14.2. The lowest BCUT2D eigenvalue weighted by Gasteiger charge is -2.41. The van der Waals surface area contributed by atoms with Crippen LogP contribution in [0.25, 0.3) is 10.9 Å². The largest absolute Gasteiger partial charge is 0.456 e. The van der Waals surface area contributed by atoms with E-state index in [1.807, 2.05) is 0 Å². The summed E-state index contributed by atoms with van der Waals surface area (Å²) in [5, 5.41) is 0.335. The lowest BCUT2D eigenvalue weighted by atomic mass is 10.0. The fourth-order valence-electron chi connectivity index (χ4n) is 3.52. The molecule has 0 bridgehead atoms. The van der Waals surface area contributed by atoms with Gasteiger partial charge < -0.3 is 23.5 Å². The Morgan fingerprint density at radius 3 is 2.30 bits per heavy atom. The average molecular weight is 421 g/mol. The van der Waals surface area contributed by atoms with Crippen LogP contribution in [-0.4, -0.2) is 53.7 Å². The Balaban J connectivity index is 2.10. The van der Waals surface area contributed by atoms with Crippen LogP contribution >= 0.6 is 0 Å². The van der Waals surface area contributed by atoms with Crippen LogP contribution in [0, 0.1) is 5.82 Å². The van der Waals surface area contributed by atoms with E-state index in [0.717, 1.165) is 6.92 Å². The topological polar surface area (TPSA) is 110 Å². The molecule has 0 saturated carbocycles. The molecule has 4 atom stereocenters. The molecule has 1 saturated heterocycles. The minimum Gasteiger partial charge on any atom is -0.456 e. The molecule has 1 aromatic heterocycles. The van der Waals surface area contributed by atoms with Crippen molar-refractivity contribution in [2.24, 2.45) is 0 Å². The predicted molar refractivity (Wildman–Crippen MR) is 98.9 cm³/mol. The number of carbonyl (C=O) groups is 4. The highest BCUT2D eigenvalue weighted by atomic mass is 19.1. The van der Waals surface area contributed by atoms with Crippen molar-refractivity contribution in [2.45, 2.75) is 45.3 Å². The highest BCUT2D eigenvalue weighted by molar-refractivity contribution is 5.97. The van der Waals surface area contributed by atoms with Crippen LogP contribution < -0.4 is 0 Å². The van der Waals surface area contributed by atoms with E-state index in [-0.39, 0.29) is 12.2 Å². The number of hydrogen-bond donors (Lipinski definition) is 0. The maximum atomic E-state index is 13.7. The molecule has 0 spiro atoms. The van der Waals surface area contributed by atoms with Crippen molar-refractivity contribution in [3.05, 3.63) is 35.8 Å². The van der Waals surface area contributed by atoms with Gasteiger partial charge in [-0.15, -0.1) is 0 Å². The molecular weight excluding hydrogens is 401 g/mol. The number of carbonyl (C=O) groups excluding carboxylic acids is 4. The zero-order valence-electron chi connectivity index (χ0n) is 16.5. The number of esters is 3. The van der Waals surface area contributed by atoms with Crippen molar-refractivity contribution in [3.8, 4) is 0 Å². The van der Waals surface area contributed by atoms with Crippen molar-refractivity contribution >= 4 is 35.1 Å². The van der Waals surface area contributed by atoms with Crippen LogP contribution in [0.2, 0.25) is 0 Å². The van der Waals surface area contributed by atoms with Gasteiger partial charge in [0.1, 0.15) is 5.82 Å². The summed E-state index contributed by atoms with van der Waals surface area (Å²) < 4.78 is 36.9. The molecule has 2 aromatic rings. The summed E-state index contributed by atoms with van der Waals surface area (Å²) >= 11 is 0. The maximum absolute atomic E-state index is 13.7. The predicted octanol–water partition coefficient (Wildman–Crippen LogP) is 1.92. The van der Waals surface area contributed by atoms with Gasteiger partial charge >= 0.3 is 17.9 Å². The number of aromatic nitrogens is 1. The molecule has 0 unspecified atom stereocenters. The lowest BCUT2D eigenvalue weighted by Crippen LogP contribution is -2.55. The number of fused-ring (bicyclic) bond motifs is 1. The normalized spacial score (nSPS) is 23.6. The fourth-order valence-corrected chi connectivity index (χ4v) is 3.52. The van der Waals surface area contributed by atoms with Gasteiger partial charge in [-0.3, -0.25) is 19.2 Å². The summed E-state index contributed by atoms with van der Waals surface area (Å²) in [5.41, 5.74) is 0.633. The molecule has 3 rings (SSSR count). The third kappa shape index (κ3) is 4.33. The van der Waals surface area contributed by atoms with Gasteiger partial charge in [0.05, 0.1) is 12.1 Å². The Bertz CT molecular complexity index is 1000. The zero-order valence-corrected chi connectivity index (χ0v) is 16.5. The number of rotatable bonds is 5. The number of ether oxygens (including phenoxy) is 4. The second-order valence-electron chi connectivity index (χ2n) is 6.79. The summed E-state index contributed by atoms with van der Waals surface area (Å²) in [7, 11) is 0. The van der Waals surface area contributed by atoms with Gasteiger partial charge in [-0.1, -0.05) is 0 Å². The zero-order chi connectivity index (χ0) is 22.0. The van der Waals surface area contributed by atoms with E-state index in [0.29, 0.717) is 17.2 Å². The van der Waals surface area contributed by atoms with Gasteiger partial charge in [0.15, 0.2) is 30.8 Å². The fraction of sp³-hybridized carbons (Fsp3) is 0.400. The van der Waals surface area contributed by atoms with Crippen LogP contribution in [0.4, 0.5) is 4.39 Å². The van der Waals surface area contributed by atoms with Crippen molar-refractivity contribution in [1.82, 2.24) is 4.57 Å². The smallest absolute Gasteiger partial charge is 0.303 e. The maximum Gasteiger partial charge on any atom is 0.303 e. The van der Waals surface area contributed by atoms with E-state index in [9.17, 15) is 23.6 Å². The third-order valence-corrected chi connectivity index (χ3v) is 4.55. The molecule has 0 amide bonds. The molecule has 2 heterocycles. The Morgan fingerprint density at radius 1 is 1.07 bits per heavy atom. The minimum absolute atomic E-state index is 0.169. The van der Waals surface area contributed by atoms with Crippen LogP contribution in [-0.2, 0) is 33.3 Å². The van der Waals surface area contributed by atoms with Crippen molar-refractivity contribution in [1.29, 1.82) is 0 Å². The Kier molecular flexibility index (Phi) is 6.16. The Hall–Kier alpha value is -3.27. The van der Waals surface area contributed by atoms with Crippen molar-refractivity contribution < 1.29 is 42.5 Å². The second kappa shape index (κ2) is 8.62. The molecule has 9 nitrogen and oxygen atoms in total. The van der Waals surface area contributed by atoms with Gasteiger partial charge in [0.2, 0.25) is 0 Å². The quantitative estimate of drug-likeness (QED) is 0.409. The number of hydrogen-bond acceptors (Lipinski definition) is 8. The van der Waals surface area contributed by atoms with E-state index in [1.54, 1.807) is 0 Å². The number of halogens is 1. The highest BCUT2D eigenvalue weighted by Gasteiger charge is 2.48. The van der Waals surface area contributed by atoms with E-state index < -0.39 is 48.3 Å². The molecule has 0 radical (unpaired) electrons. The van der Waals surface area contributed by atoms with E-state index in [1.165, 1.54) is 42.8 Å². The molecule has 10 heteroatoms. The first-order valence-corrected chi connectivity index (χ1v) is 9.09. The van der Waals surface area contributed by atoms with E-state index >= 15 is 0 Å². The molecule has 1 aromatic carbocycles. The SMILES string of the molecule is CC(=O)O[C@@H]1[C@@H](OC(C)=O)[C@H](OC(C)=O)CO[C@H]1n1cc(C=O)c2cc(F)ccc21. The standard InChI is InChI=1S/C20H20FNO8/c1-10(24)28-17-9-27-20(19(30-12(3)26)18(17)29-11(2)25)22-7-13(8-23)15-6-14(21)4-5-16(15)22/h4-8,17-20H,9H2,1-3H3/t17-,18+,19-,20-/m1/s1. The summed E-state index contributed by atoms with van der Waals surface area (Å²) in [6, 6.07) is 3.86. The van der Waals surface area contributed by atoms with Crippen LogP contribution in [0.3, 0.4) is 0 Å². The van der Waals surface area contributed by atoms with Crippen LogP contribution in [0.15, 0.2) is 24.4 Å². The third-order valence-electron chi connectivity index (χ3n) is 4.55. The van der Waals surface area contributed by atoms with Crippen molar-refractivity contribution in [3.63, 3.8) is 0 Å². The summed E-state index contributed by atoms with van der Waals surface area (Å²) in [4.78, 5) is 46.4. The average Bonchev–Trinajstić information content (AvgIpc) is 3.01. The Morgan fingerprint density at radius 2 is 1.70 bits per heavy atom. The summed E-state index contributed by atoms with van der Waals surface area (Å²) in [6.07, 6.45) is -2.43. The van der Waals surface area contributed by atoms with Gasteiger partial charge in [-0.25, -0.2) is 4.39 Å². The lowest BCUT2D eigenvalue weighted by molar-refractivity contribution is -0.239. The van der Waals surface area contributed by atoms with Gasteiger partial charge in [0.25, 0.3) is 0 Å². The molecule has 0 aliphatic carbocycles. The number of benzene rings is 1. The minimum atomic E-state index is -1.20. The first-order valence-electron chi connectivity index (χ1n) is 9.09. The Labute approximate surface area is 170 Å². The summed E-state index contributed by atoms with van der Waals surface area (Å²) in [6.45, 7) is 3.34.